The van der Waals surface area contributed by atoms with Gasteiger partial charge in [-0.15, -0.1) is 0 Å². The molecule has 0 spiro atoms. The Kier molecular flexibility index (Phi) is 4.26. The van der Waals surface area contributed by atoms with Gasteiger partial charge < -0.3 is 0 Å². The summed E-state index contributed by atoms with van der Waals surface area (Å²) in [5.41, 5.74) is -0.352. The Morgan fingerprint density at radius 1 is 0.929 bits per heavy atom. The second kappa shape index (κ2) is 6.63. The van der Waals surface area contributed by atoms with Gasteiger partial charge in [0.05, 0.1) is 5.56 Å². The van der Waals surface area contributed by atoms with Crippen molar-refractivity contribution < 1.29 is 22.8 Å². The minimum absolute atomic E-state index is 0.0463. The highest BCUT2D eigenvalue weighted by Gasteiger charge is 2.47. The number of nitrogens with zero attached hydrogens (tertiary/aromatic N) is 3. The first kappa shape index (κ1) is 18.0. The zero-order valence-electron chi connectivity index (χ0n) is 14.4. The van der Waals surface area contributed by atoms with Crippen molar-refractivity contribution in [2.45, 2.75) is 18.3 Å². The summed E-state index contributed by atoms with van der Waals surface area (Å²) in [6.07, 6.45) is -1.29. The van der Waals surface area contributed by atoms with Crippen molar-refractivity contribution in [3.63, 3.8) is 0 Å². The average Bonchev–Trinajstić information content (AvgIpc) is 2.69. The van der Waals surface area contributed by atoms with E-state index in [0.29, 0.717) is 5.56 Å². The lowest BCUT2D eigenvalue weighted by molar-refractivity contribution is -0.141. The highest BCUT2D eigenvalue weighted by Crippen LogP contribution is 2.36. The van der Waals surface area contributed by atoms with Crippen LogP contribution in [0.25, 0.3) is 0 Å². The second-order valence-corrected chi connectivity index (χ2v) is 6.36. The van der Waals surface area contributed by atoms with Crippen molar-refractivity contribution in [3.8, 4) is 0 Å². The number of anilines is 1. The van der Waals surface area contributed by atoms with Crippen LogP contribution in [0.5, 0.6) is 0 Å². The van der Waals surface area contributed by atoms with Gasteiger partial charge in [-0.2, -0.15) is 13.2 Å². The van der Waals surface area contributed by atoms with Crippen LogP contribution in [0.1, 0.15) is 17.0 Å². The normalized spacial score (nSPS) is 21.8. The van der Waals surface area contributed by atoms with Crippen LogP contribution in [0, 0.1) is 0 Å². The topological polar surface area (TPSA) is 53.0 Å². The number of hydrogen-bond donors (Lipinski definition) is 0. The van der Waals surface area contributed by atoms with Crippen LogP contribution < -0.4 is 4.90 Å². The molecule has 0 bridgehead atoms. The molecule has 2 atom stereocenters. The molecule has 2 amide bonds. The van der Waals surface area contributed by atoms with Crippen LogP contribution in [-0.2, 0) is 15.8 Å². The fraction of sp³-hybridized carbons (Fsp3) is 0.150. The largest absolute Gasteiger partial charge is 0.416 e. The third kappa shape index (κ3) is 2.96. The number of amides is 2. The summed E-state index contributed by atoms with van der Waals surface area (Å²) in [5, 5.41) is 0. The van der Waals surface area contributed by atoms with E-state index in [4.69, 9.17) is 0 Å². The zero-order valence-corrected chi connectivity index (χ0v) is 14.4. The molecule has 2 aliphatic heterocycles. The molecule has 2 aromatic rings. The Labute approximate surface area is 158 Å². The number of carbonyl (C=O) groups is 2. The molecule has 1 fully saturated rings. The molecule has 2 heterocycles. The number of hydrogen-bond acceptors (Lipinski definition) is 3. The molecule has 28 heavy (non-hydrogen) atoms. The molecule has 1 saturated heterocycles. The number of alkyl halides is 3. The predicted octanol–water partition coefficient (Wildman–Crippen LogP) is 3.55. The summed E-state index contributed by atoms with van der Waals surface area (Å²) < 4.78 is 39.5. The summed E-state index contributed by atoms with van der Waals surface area (Å²) in [7, 11) is 0. The summed E-state index contributed by atoms with van der Waals surface area (Å²) in [6, 6.07) is 12.9. The summed E-state index contributed by atoms with van der Waals surface area (Å²) in [6.45, 7) is 0. The fourth-order valence-electron chi connectivity index (χ4n) is 3.36. The summed E-state index contributed by atoms with van der Waals surface area (Å²) in [4.78, 5) is 32.7. The number of rotatable bonds is 2. The van der Waals surface area contributed by atoms with Gasteiger partial charge in [-0.25, -0.2) is 0 Å². The van der Waals surface area contributed by atoms with E-state index in [1.165, 1.54) is 40.5 Å². The molecule has 0 aromatic heterocycles. The Hall–Kier alpha value is -3.42. The van der Waals surface area contributed by atoms with E-state index in [9.17, 15) is 22.8 Å². The average molecular weight is 385 g/mol. The number of fused-ring (bicyclic) bond motifs is 1. The number of halogens is 3. The van der Waals surface area contributed by atoms with Gasteiger partial charge in [0.15, 0.2) is 6.17 Å². The molecule has 0 saturated carbocycles. The molecule has 4 rings (SSSR count). The van der Waals surface area contributed by atoms with E-state index in [2.05, 4.69) is 4.99 Å². The molecule has 2 unspecified atom stereocenters. The van der Waals surface area contributed by atoms with Crippen molar-refractivity contribution in [1.82, 2.24) is 4.90 Å². The van der Waals surface area contributed by atoms with E-state index in [0.717, 1.165) is 12.1 Å². The van der Waals surface area contributed by atoms with Crippen LogP contribution >= 0.6 is 0 Å². The van der Waals surface area contributed by atoms with Crippen LogP contribution in [0.4, 0.5) is 18.9 Å². The van der Waals surface area contributed by atoms with Crippen molar-refractivity contribution in [2.75, 3.05) is 4.90 Å². The first-order valence-corrected chi connectivity index (χ1v) is 8.45. The Morgan fingerprint density at radius 2 is 1.68 bits per heavy atom. The Morgan fingerprint density at radius 3 is 2.39 bits per heavy atom. The quantitative estimate of drug-likeness (QED) is 0.743. The predicted molar refractivity (Wildman–Crippen MR) is 96.4 cm³/mol. The summed E-state index contributed by atoms with van der Waals surface area (Å²) in [5.74, 6) is -2.20. The van der Waals surface area contributed by atoms with E-state index >= 15 is 0 Å². The number of carbonyl (C=O) groups excluding carboxylic acids is 2. The molecule has 142 valence electrons. The summed E-state index contributed by atoms with van der Waals surface area (Å²) >= 11 is 0. The number of benzene rings is 2. The molecular formula is C20H14F3N3O2. The maximum absolute atomic E-state index is 13.3. The van der Waals surface area contributed by atoms with Crippen LogP contribution in [0.3, 0.4) is 0 Å². The van der Waals surface area contributed by atoms with Gasteiger partial charge in [-0.1, -0.05) is 36.4 Å². The van der Waals surface area contributed by atoms with Crippen molar-refractivity contribution in [1.29, 1.82) is 0 Å². The van der Waals surface area contributed by atoms with E-state index < -0.39 is 35.6 Å². The molecule has 0 radical (unpaired) electrons. The maximum Gasteiger partial charge on any atom is 0.416 e. The van der Waals surface area contributed by atoms with Crippen LogP contribution in [0.15, 0.2) is 72.0 Å². The van der Waals surface area contributed by atoms with Crippen molar-refractivity contribution in [3.05, 3.63) is 78.1 Å². The SMILES string of the molecule is O=C1C(c2ccccc2)C(=O)N(c2cccc(C(F)(F)F)c2)C2C=NC=CN12. The van der Waals surface area contributed by atoms with E-state index in [1.54, 1.807) is 30.3 Å². The molecule has 8 heteroatoms. The first-order chi connectivity index (χ1) is 13.4. The van der Waals surface area contributed by atoms with Gasteiger partial charge in [0.25, 0.3) is 0 Å². The zero-order chi connectivity index (χ0) is 19.9. The second-order valence-electron chi connectivity index (χ2n) is 6.36. The third-order valence-electron chi connectivity index (χ3n) is 4.65. The lowest BCUT2D eigenvalue weighted by Crippen LogP contribution is -2.61. The molecule has 5 nitrogen and oxygen atoms in total. The minimum Gasteiger partial charge on any atom is -0.290 e. The van der Waals surface area contributed by atoms with Crippen LogP contribution in [-0.4, -0.2) is 29.1 Å². The Bertz CT molecular complexity index is 986. The van der Waals surface area contributed by atoms with Crippen molar-refractivity contribution in [2.24, 2.45) is 4.99 Å². The van der Waals surface area contributed by atoms with Gasteiger partial charge in [0.2, 0.25) is 11.8 Å². The molecular weight excluding hydrogens is 371 g/mol. The maximum atomic E-state index is 13.3. The van der Waals surface area contributed by atoms with E-state index in [-0.39, 0.29) is 5.69 Å². The monoisotopic (exact) mass is 385 g/mol. The third-order valence-corrected chi connectivity index (χ3v) is 4.65. The van der Waals surface area contributed by atoms with Gasteiger partial charge >= 0.3 is 6.18 Å². The molecule has 0 N–H and O–H groups in total. The van der Waals surface area contributed by atoms with E-state index in [1.807, 2.05) is 0 Å². The Balaban J connectivity index is 1.83. The smallest absolute Gasteiger partial charge is 0.290 e. The lowest BCUT2D eigenvalue weighted by atomic mass is 9.92. The number of aliphatic imine (C=N–C) groups is 1. The molecule has 2 aromatic carbocycles. The minimum atomic E-state index is -4.55. The fourth-order valence-corrected chi connectivity index (χ4v) is 3.36. The highest BCUT2D eigenvalue weighted by molar-refractivity contribution is 6.17. The lowest BCUT2D eigenvalue weighted by Gasteiger charge is -2.44. The van der Waals surface area contributed by atoms with Crippen LogP contribution in [0.2, 0.25) is 0 Å². The molecule has 2 aliphatic rings. The van der Waals surface area contributed by atoms with Gasteiger partial charge in [0.1, 0.15) is 5.92 Å². The highest BCUT2D eigenvalue weighted by atomic mass is 19.4. The van der Waals surface area contributed by atoms with Gasteiger partial charge in [-0.05, 0) is 23.8 Å². The standard InChI is InChI=1S/C20H14F3N3O2/c21-20(22,23)14-7-4-8-15(11-14)26-16-12-24-9-10-25(16)18(27)17(19(26)28)13-5-2-1-3-6-13/h1-12,16-17H. The van der Waals surface area contributed by atoms with Gasteiger partial charge in [0, 0.05) is 24.3 Å². The molecule has 0 aliphatic carbocycles. The van der Waals surface area contributed by atoms with Crippen molar-refractivity contribution >= 4 is 23.7 Å². The first-order valence-electron chi connectivity index (χ1n) is 8.45. The van der Waals surface area contributed by atoms with Gasteiger partial charge in [-0.3, -0.25) is 24.4 Å².